The summed E-state index contributed by atoms with van der Waals surface area (Å²) in [4.78, 5) is 2.69. The van der Waals surface area contributed by atoms with Crippen molar-refractivity contribution in [3.05, 3.63) is 29.3 Å². The first-order chi connectivity index (χ1) is 8.86. The molecule has 0 saturated heterocycles. The van der Waals surface area contributed by atoms with Crippen LogP contribution in [-0.2, 0) is 13.0 Å². The van der Waals surface area contributed by atoms with E-state index < -0.39 is 0 Å². The third-order valence-corrected chi connectivity index (χ3v) is 4.13. The van der Waals surface area contributed by atoms with Gasteiger partial charge in [0, 0.05) is 24.8 Å². The van der Waals surface area contributed by atoms with Gasteiger partial charge >= 0.3 is 0 Å². The van der Waals surface area contributed by atoms with Gasteiger partial charge in [0.1, 0.15) is 0 Å². The largest absolute Gasteiger partial charge is 0.384 e. The number of anilines is 1. The Bertz CT molecular complexity index is 410. The number of benzene rings is 1. The second kappa shape index (κ2) is 5.31. The van der Waals surface area contributed by atoms with Crippen molar-refractivity contribution in [2.24, 2.45) is 0 Å². The van der Waals surface area contributed by atoms with Crippen molar-refractivity contribution in [1.82, 2.24) is 4.90 Å². The molecule has 1 fully saturated rings. The minimum atomic E-state index is 0.878. The first-order valence-corrected chi connectivity index (χ1v) is 7.46. The van der Waals surface area contributed by atoms with Crippen molar-refractivity contribution in [2.75, 3.05) is 18.4 Å². The molecule has 0 aromatic heterocycles. The second-order valence-electron chi connectivity index (χ2n) is 5.72. The van der Waals surface area contributed by atoms with Crippen LogP contribution in [0, 0.1) is 0 Å². The van der Waals surface area contributed by atoms with Gasteiger partial charge in [0.15, 0.2) is 0 Å². The Morgan fingerprint density at radius 3 is 3.00 bits per heavy atom. The van der Waals surface area contributed by atoms with Crippen molar-refractivity contribution < 1.29 is 0 Å². The highest BCUT2D eigenvalue weighted by atomic mass is 15.2. The monoisotopic (exact) mass is 244 g/mol. The predicted molar refractivity (Wildman–Crippen MR) is 77.0 cm³/mol. The van der Waals surface area contributed by atoms with Crippen LogP contribution in [0.25, 0.3) is 0 Å². The average Bonchev–Trinajstić information content (AvgIpc) is 3.12. The van der Waals surface area contributed by atoms with Crippen LogP contribution >= 0.6 is 0 Å². The smallest absolute Gasteiger partial charge is 0.0373 e. The van der Waals surface area contributed by atoms with E-state index in [1.807, 2.05) is 0 Å². The fourth-order valence-corrected chi connectivity index (χ4v) is 2.88. The molecule has 2 nitrogen and oxygen atoms in total. The molecule has 0 amide bonds. The Hall–Kier alpha value is -1.02. The molecule has 0 bridgehead atoms. The summed E-state index contributed by atoms with van der Waals surface area (Å²) in [6.07, 6.45) is 6.66. The van der Waals surface area contributed by atoms with Gasteiger partial charge in [-0.1, -0.05) is 25.5 Å². The lowest BCUT2D eigenvalue weighted by atomic mass is 10.1. The standard InChI is InChI=1S/C16H24N2/c1-2-3-10-18(15-5-6-15)12-13-4-7-16-14(11-13)8-9-17-16/h4,7,11,15,17H,2-3,5-6,8-10,12H2,1H3. The molecular formula is C16H24N2. The summed E-state index contributed by atoms with van der Waals surface area (Å²) < 4.78 is 0. The van der Waals surface area contributed by atoms with E-state index in [0.29, 0.717) is 0 Å². The van der Waals surface area contributed by atoms with Crippen molar-refractivity contribution in [1.29, 1.82) is 0 Å². The maximum Gasteiger partial charge on any atom is 0.0373 e. The van der Waals surface area contributed by atoms with Crippen molar-refractivity contribution in [2.45, 2.75) is 51.6 Å². The molecule has 0 unspecified atom stereocenters. The lowest BCUT2D eigenvalue weighted by Crippen LogP contribution is -2.26. The molecule has 1 aromatic rings. The van der Waals surface area contributed by atoms with E-state index in [0.717, 1.165) is 19.1 Å². The zero-order chi connectivity index (χ0) is 12.4. The van der Waals surface area contributed by atoms with Crippen molar-refractivity contribution in [3.8, 4) is 0 Å². The van der Waals surface area contributed by atoms with Gasteiger partial charge in [-0.05, 0) is 49.4 Å². The fraction of sp³-hybridized carbons (Fsp3) is 0.625. The Morgan fingerprint density at radius 2 is 2.22 bits per heavy atom. The van der Waals surface area contributed by atoms with Gasteiger partial charge in [0.25, 0.3) is 0 Å². The van der Waals surface area contributed by atoms with Crippen LogP contribution in [0.1, 0.15) is 43.7 Å². The summed E-state index contributed by atoms with van der Waals surface area (Å²) in [7, 11) is 0. The van der Waals surface area contributed by atoms with Crippen LogP contribution in [0.2, 0.25) is 0 Å². The molecule has 1 aromatic carbocycles. The Morgan fingerprint density at radius 1 is 1.33 bits per heavy atom. The SMILES string of the molecule is CCCCN(Cc1ccc2c(c1)CCN2)C1CC1. The highest BCUT2D eigenvalue weighted by molar-refractivity contribution is 5.56. The van der Waals surface area contributed by atoms with Gasteiger partial charge in [-0.15, -0.1) is 0 Å². The highest BCUT2D eigenvalue weighted by Gasteiger charge is 2.28. The first kappa shape index (κ1) is 12.0. The first-order valence-electron chi connectivity index (χ1n) is 7.46. The van der Waals surface area contributed by atoms with Gasteiger partial charge in [-0.3, -0.25) is 4.90 Å². The molecule has 18 heavy (non-hydrogen) atoms. The minimum Gasteiger partial charge on any atom is -0.384 e. The molecule has 2 aliphatic rings. The number of fused-ring (bicyclic) bond motifs is 1. The average molecular weight is 244 g/mol. The Balaban J connectivity index is 1.66. The maximum absolute atomic E-state index is 3.44. The van der Waals surface area contributed by atoms with Crippen LogP contribution in [0.3, 0.4) is 0 Å². The molecule has 3 rings (SSSR count). The zero-order valence-corrected chi connectivity index (χ0v) is 11.4. The molecule has 1 heterocycles. The van der Waals surface area contributed by atoms with E-state index in [-0.39, 0.29) is 0 Å². The van der Waals surface area contributed by atoms with Crippen molar-refractivity contribution in [3.63, 3.8) is 0 Å². The summed E-state index contributed by atoms with van der Waals surface area (Å²) in [6, 6.07) is 7.86. The molecular weight excluding hydrogens is 220 g/mol. The molecule has 1 aliphatic heterocycles. The van der Waals surface area contributed by atoms with E-state index in [1.165, 1.54) is 55.5 Å². The lowest BCUT2D eigenvalue weighted by molar-refractivity contribution is 0.250. The maximum atomic E-state index is 3.44. The molecule has 1 aliphatic carbocycles. The zero-order valence-electron chi connectivity index (χ0n) is 11.4. The van der Waals surface area contributed by atoms with Crippen LogP contribution in [0.4, 0.5) is 5.69 Å². The number of hydrogen-bond donors (Lipinski definition) is 1. The summed E-state index contributed by atoms with van der Waals surface area (Å²) in [5.41, 5.74) is 4.37. The van der Waals surface area contributed by atoms with Gasteiger partial charge in [0.2, 0.25) is 0 Å². The topological polar surface area (TPSA) is 15.3 Å². The van der Waals surface area contributed by atoms with Gasteiger partial charge < -0.3 is 5.32 Å². The van der Waals surface area contributed by atoms with Crippen LogP contribution < -0.4 is 5.32 Å². The quantitative estimate of drug-likeness (QED) is 0.825. The van der Waals surface area contributed by atoms with E-state index in [2.05, 4.69) is 35.3 Å². The van der Waals surface area contributed by atoms with E-state index >= 15 is 0 Å². The predicted octanol–water partition coefficient (Wildman–Crippen LogP) is 3.42. The molecule has 0 spiro atoms. The molecule has 1 N–H and O–H groups in total. The molecule has 2 heteroatoms. The summed E-state index contributed by atoms with van der Waals surface area (Å²) in [5.74, 6) is 0. The summed E-state index contributed by atoms with van der Waals surface area (Å²) >= 11 is 0. The van der Waals surface area contributed by atoms with E-state index in [1.54, 1.807) is 0 Å². The lowest BCUT2D eigenvalue weighted by Gasteiger charge is -2.22. The highest BCUT2D eigenvalue weighted by Crippen LogP contribution is 2.30. The third-order valence-electron chi connectivity index (χ3n) is 4.13. The Labute approximate surface area is 110 Å². The number of hydrogen-bond acceptors (Lipinski definition) is 2. The molecule has 0 atom stereocenters. The van der Waals surface area contributed by atoms with Gasteiger partial charge in [-0.25, -0.2) is 0 Å². The number of nitrogens with zero attached hydrogens (tertiary/aromatic N) is 1. The van der Waals surface area contributed by atoms with E-state index in [4.69, 9.17) is 0 Å². The van der Waals surface area contributed by atoms with Crippen LogP contribution in [0.15, 0.2) is 18.2 Å². The molecule has 98 valence electrons. The van der Waals surface area contributed by atoms with Gasteiger partial charge in [-0.2, -0.15) is 0 Å². The Kier molecular flexibility index (Phi) is 3.55. The third kappa shape index (κ3) is 2.69. The molecule has 0 radical (unpaired) electrons. The molecule has 1 saturated carbocycles. The number of unbranched alkanes of at least 4 members (excludes halogenated alkanes) is 1. The number of rotatable bonds is 6. The second-order valence-corrected chi connectivity index (χ2v) is 5.72. The van der Waals surface area contributed by atoms with Crippen molar-refractivity contribution >= 4 is 5.69 Å². The van der Waals surface area contributed by atoms with Gasteiger partial charge in [0.05, 0.1) is 0 Å². The van der Waals surface area contributed by atoms with Crippen LogP contribution in [-0.4, -0.2) is 24.0 Å². The van der Waals surface area contributed by atoms with E-state index in [9.17, 15) is 0 Å². The normalized spacial score (nSPS) is 17.9. The van der Waals surface area contributed by atoms with Crippen LogP contribution in [0.5, 0.6) is 0 Å². The minimum absolute atomic E-state index is 0.878. The summed E-state index contributed by atoms with van der Waals surface area (Å²) in [5, 5.41) is 3.44. The fourth-order valence-electron chi connectivity index (χ4n) is 2.88. The number of nitrogens with one attached hydrogen (secondary N) is 1. The summed E-state index contributed by atoms with van der Waals surface area (Å²) in [6.45, 7) is 5.82.